The molecule has 0 aliphatic heterocycles. The molecule has 0 radical (unpaired) electrons. The van der Waals surface area contributed by atoms with Crippen LogP contribution in [0.3, 0.4) is 0 Å². The molecule has 0 bridgehead atoms. The van der Waals surface area contributed by atoms with Crippen molar-refractivity contribution in [3.8, 4) is 22.3 Å². The van der Waals surface area contributed by atoms with Gasteiger partial charge in [0, 0.05) is 11.5 Å². The van der Waals surface area contributed by atoms with Crippen LogP contribution in [0.4, 0.5) is 4.39 Å². The average Bonchev–Trinajstić information content (AvgIpc) is 3.10. The highest BCUT2D eigenvalue weighted by molar-refractivity contribution is 7.16. The van der Waals surface area contributed by atoms with Crippen molar-refractivity contribution in [1.82, 2.24) is 4.98 Å². The molecule has 0 fully saturated rings. The van der Waals surface area contributed by atoms with E-state index >= 15 is 0 Å². The van der Waals surface area contributed by atoms with Crippen LogP contribution in [0.25, 0.3) is 38.5 Å². The van der Waals surface area contributed by atoms with Crippen molar-refractivity contribution in [1.29, 1.82) is 0 Å². The molecular weight excluding hydrogens is 341 g/mol. The first-order chi connectivity index (χ1) is 12.7. The summed E-state index contributed by atoms with van der Waals surface area (Å²) in [5.74, 6) is 0.194. The monoisotopic (exact) mass is 357 g/mol. The second kappa shape index (κ2) is 5.61. The van der Waals surface area contributed by atoms with Crippen LogP contribution in [0, 0.1) is 5.82 Å². The van der Waals surface area contributed by atoms with Gasteiger partial charge < -0.3 is 0 Å². The first-order valence-electron chi connectivity index (χ1n) is 8.60. The van der Waals surface area contributed by atoms with E-state index in [9.17, 15) is 4.39 Å². The maximum absolute atomic E-state index is 14.9. The number of hydrogen-bond donors (Lipinski definition) is 0. The third kappa shape index (κ3) is 2.24. The van der Waals surface area contributed by atoms with Crippen molar-refractivity contribution in [2.45, 2.75) is 12.8 Å². The lowest BCUT2D eigenvalue weighted by atomic mass is 9.93. The van der Waals surface area contributed by atoms with Gasteiger partial charge in [-0.25, -0.2) is 9.37 Å². The van der Waals surface area contributed by atoms with Crippen molar-refractivity contribution >= 4 is 27.6 Å². The summed E-state index contributed by atoms with van der Waals surface area (Å²) in [5.41, 5.74) is 10.1. The maximum atomic E-state index is 14.9. The van der Waals surface area contributed by atoms with Crippen LogP contribution in [0.15, 0.2) is 60.6 Å². The lowest BCUT2D eigenvalue weighted by molar-refractivity contribution is 0.631. The van der Waals surface area contributed by atoms with Crippen LogP contribution in [0.1, 0.15) is 29.5 Å². The zero-order valence-electron chi connectivity index (χ0n) is 14.3. The Labute approximate surface area is 155 Å². The minimum absolute atomic E-state index is 0.199. The molecule has 3 aromatic carbocycles. The lowest BCUT2D eigenvalue weighted by Crippen LogP contribution is -1.90. The molecular formula is C23H16FNS. The van der Waals surface area contributed by atoms with Gasteiger partial charge in [-0.05, 0) is 51.6 Å². The van der Waals surface area contributed by atoms with Gasteiger partial charge in [0.2, 0.25) is 0 Å². The fraction of sp³-hybridized carbons (Fsp3) is 0.0870. The van der Waals surface area contributed by atoms with E-state index in [0.717, 1.165) is 32.5 Å². The Morgan fingerprint density at radius 3 is 2.73 bits per heavy atom. The van der Waals surface area contributed by atoms with E-state index < -0.39 is 0 Å². The van der Waals surface area contributed by atoms with Crippen LogP contribution in [-0.4, -0.2) is 4.98 Å². The highest BCUT2D eigenvalue weighted by atomic mass is 32.1. The molecule has 126 valence electrons. The predicted octanol–water partition coefficient (Wildman–Crippen LogP) is 6.88. The molecule has 1 unspecified atom stereocenters. The molecule has 0 spiro atoms. The highest BCUT2D eigenvalue weighted by Gasteiger charge is 2.34. The molecule has 0 N–H and O–H groups in total. The molecule has 1 aliphatic carbocycles. The summed E-state index contributed by atoms with van der Waals surface area (Å²) in [7, 11) is 0. The van der Waals surface area contributed by atoms with E-state index in [0.29, 0.717) is 11.5 Å². The summed E-state index contributed by atoms with van der Waals surface area (Å²) >= 11 is 1.63. The maximum Gasteiger partial charge on any atom is 0.131 e. The Morgan fingerprint density at radius 2 is 1.92 bits per heavy atom. The number of nitrogens with zero attached hydrogens (tertiary/aromatic N) is 1. The number of hydrogen-bond acceptors (Lipinski definition) is 2. The molecule has 1 nitrogen and oxygen atoms in total. The van der Waals surface area contributed by atoms with E-state index in [1.54, 1.807) is 23.5 Å². The fourth-order valence-corrected chi connectivity index (χ4v) is 4.49. The van der Waals surface area contributed by atoms with Crippen molar-refractivity contribution < 1.29 is 4.39 Å². The largest absolute Gasteiger partial charge is 0.245 e. The van der Waals surface area contributed by atoms with Gasteiger partial charge in [0.1, 0.15) is 5.82 Å². The predicted molar refractivity (Wildman–Crippen MR) is 108 cm³/mol. The van der Waals surface area contributed by atoms with Gasteiger partial charge >= 0.3 is 0 Å². The second-order valence-corrected chi connectivity index (χ2v) is 7.58. The zero-order chi connectivity index (χ0) is 17.8. The topological polar surface area (TPSA) is 12.9 Å². The van der Waals surface area contributed by atoms with E-state index in [1.165, 1.54) is 11.1 Å². The van der Waals surface area contributed by atoms with Crippen LogP contribution in [0.2, 0.25) is 0 Å². The smallest absolute Gasteiger partial charge is 0.131 e. The van der Waals surface area contributed by atoms with Gasteiger partial charge in [-0.15, -0.1) is 11.3 Å². The summed E-state index contributed by atoms with van der Waals surface area (Å²) < 4.78 is 16.0. The molecule has 4 aromatic rings. The van der Waals surface area contributed by atoms with Crippen LogP contribution >= 0.6 is 11.3 Å². The standard InChI is InChI=1S/C23H16FNS/c1-3-14-4-6-18(19(24)10-14)23-17(8-7-16-13(2)22(16)23)15-5-9-20-21(11-15)26-12-25-20/h3-13H,1H2,2H3. The molecule has 5 rings (SSSR count). The first-order valence-corrected chi connectivity index (χ1v) is 9.48. The second-order valence-electron chi connectivity index (χ2n) is 6.69. The van der Waals surface area contributed by atoms with Gasteiger partial charge in [0.05, 0.1) is 15.7 Å². The van der Waals surface area contributed by atoms with Gasteiger partial charge in [0.25, 0.3) is 0 Å². The molecule has 1 aliphatic rings. The Bertz CT molecular complexity index is 1190. The fourth-order valence-electron chi connectivity index (χ4n) is 3.77. The summed E-state index contributed by atoms with van der Waals surface area (Å²) in [6.45, 7) is 5.91. The zero-order valence-corrected chi connectivity index (χ0v) is 15.1. The first kappa shape index (κ1) is 15.5. The van der Waals surface area contributed by atoms with Crippen molar-refractivity contribution in [3.63, 3.8) is 0 Å². The summed E-state index contributed by atoms with van der Waals surface area (Å²) in [4.78, 5) is 4.36. The number of aromatic nitrogens is 1. The summed E-state index contributed by atoms with van der Waals surface area (Å²) in [6, 6.07) is 15.9. The summed E-state index contributed by atoms with van der Waals surface area (Å²) in [5, 5.41) is 0. The van der Waals surface area contributed by atoms with Crippen LogP contribution in [-0.2, 0) is 0 Å². The van der Waals surface area contributed by atoms with E-state index in [2.05, 4.69) is 42.8 Å². The third-order valence-corrected chi connectivity index (χ3v) is 6.03. The SMILES string of the molecule is C=Cc1ccc(-c2c(-c3ccc4ncsc4c3)ccc3c2C3C)c(F)c1. The molecule has 3 heteroatoms. The number of fused-ring (bicyclic) bond motifs is 2. The van der Waals surface area contributed by atoms with Gasteiger partial charge in [-0.3, -0.25) is 0 Å². The molecule has 0 saturated carbocycles. The molecule has 1 heterocycles. The molecule has 1 atom stereocenters. The minimum Gasteiger partial charge on any atom is -0.245 e. The van der Waals surface area contributed by atoms with Crippen molar-refractivity contribution in [3.05, 3.63) is 83.1 Å². The number of benzene rings is 3. The van der Waals surface area contributed by atoms with Crippen LogP contribution < -0.4 is 0 Å². The average molecular weight is 357 g/mol. The van der Waals surface area contributed by atoms with E-state index in [1.807, 2.05) is 23.7 Å². The Kier molecular flexibility index (Phi) is 3.34. The number of halogens is 1. The van der Waals surface area contributed by atoms with E-state index in [4.69, 9.17) is 0 Å². The Morgan fingerprint density at radius 1 is 1.08 bits per heavy atom. The molecule has 0 amide bonds. The number of rotatable bonds is 3. The lowest BCUT2D eigenvalue weighted by Gasteiger charge is -2.12. The minimum atomic E-state index is -0.199. The Hall–Kier alpha value is -2.78. The van der Waals surface area contributed by atoms with Crippen molar-refractivity contribution in [2.75, 3.05) is 0 Å². The van der Waals surface area contributed by atoms with Crippen LogP contribution in [0.5, 0.6) is 0 Å². The summed E-state index contributed by atoms with van der Waals surface area (Å²) in [6.07, 6.45) is 1.67. The molecule has 26 heavy (non-hydrogen) atoms. The highest BCUT2D eigenvalue weighted by Crippen LogP contribution is 2.53. The van der Waals surface area contributed by atoms with Gasteiger partial charge in [-0.1, -0.05) is 49.9 Å². The van der Waals surface area contributed by atoms with E-state index in [-0.39, 0.29) is 5.82 Å². The Balaban J connectivity index is 1.76. The molecule has 0 saturated heterocycles. The molecule has 1 aromatic heterocycles. The van der Waals surface area contributed by atoms with Gasteiger partial charge in [0.15, 0.2) is 0 Å². The van der Waals surface area contributed by atoms with Gasteiger partial charge in [-0.2, -0.15) is 0 Å². The third-order valence-electron chi connectivity index (χ3n) is 5.24. The normalized spacial score (nSPS) is 15.1. The quantitative estimate of drug-likeness (QED) is 0.389. The number of thiazole rings is 1. The van der Waals surface area contributed by atoms with Crippen molar-refractivity contribution in [2.24, 2.45) is 0 Å².